The molecule has 0 spiro atoms. The molecule has 1 aromatic rings. The molecular weight excluding hydrogens is 338 g/mol. The van der Waals surface area contributed by atoms with Crippen LogP contribution in [0.2, 0.25) is 0 Å². The van der Waals surface area contributed by atoms with Gasteiger partial charge in [-0.15, -0.1) is 0 Å². The molecule has 2 N–H and O–H groups in total. The van der Waals surface area contributed by atoms with E-state index in [-0.39, 0.29) is 37.0 Å². The summed E-state index contributed by atoms with van der Waals surface area (Å²) in [5, 5.41) is 15.9. The summed E-state index contributed by atoms with van der Waals surface area (Å²) in [6.07, 6.45) is 4.78. The van der Waals surface area contributed by atoms with E-state index in [1.54, 1.807) is 37.1 Å². The molecule has 1 saturated carbocycles. The molecule has 1 heterocycles. The van der Waals surface area contributed by atoms with Crippen LogP contribution in [0.15, 0.2) is 18.5 Å². The maximum Gasteiger partial charge on any atom is 0.317 e. The van der Waals surface area contributed by atoms with Gasteiger partial charge in [-0.2, -0.15) is 5.10 Å². The van der Waals surface area contributed by atoms with Crippen molar-refractivity contribution in [2.45, 2.75) is 44.8 Å². The van der Waals surface area contributed by atoms with E-state index in [0.717, 1.165) is 12.8 Å². The van der Waals surface area contributed by atoms with Gasteiger partial charge in [0.25, 0.3) is 0 Å². The van der Waals surface area contributed by atoms with Crippen LogP contribution in [0.25, 0.3) is 0 Å². The Kier molecular flexibility index (Phi) is 6.73. The van der Waals surface area contributed by atoms with Gasteiger partial charge in [0.05, 0.1) is 13.1 Å². The lowest BCUT2D eigenvalue weighted by Gasteiger charge is -2.42. The number of aliphatic carboxylic acids is 1. The van der Waals surface area contributed by atoms with E-state index >= 15 is 0 Å². The Bertz CT molecular complexity index is 627. The normalized spacial score (nSPS) is 20.3. The quantitative estimate of drug-likeness (QED) is 0.636. The number of nitrogens with one attached hydrogen (secondary N) is 1. The van der Waals surface area contributed by atoms with Gasteiger partial charge in [-0.3, -0.25) is 24.0 Å². The minimum absolute atomic E-state index is 0.0156. The minimum atomic E-state index is -0.842. The van der Waals surface area contributed by atoms with Crippen molar-refractivity contribution in [3.8, 4) is 0 Å². The van der Waals surface area contributed by atoms with Crippen LogP contribution in [-0.4, -0.2) is 81.2 Å². The lowest BCUT2D eigenvalue weighted by Crippen LogP contribution is -2.56. The first kappa shape index (κ1) is 19.9. The number of nitrogens with zero attached hydrogens (tertiary/aromatic N) is 4. The summed E-state index contributed by atoms with van der Waals surface area (Å²) in [5.74, 6) is -1.24. The lowest BCUT2D eigenvalue weighted by molar-refractivity contribution is -0.140. The third-order valence-electron chi connectivity index (χ3n) is 4.78. The molecule has 1 unspecified atom stereocenters. The van der Waals surface area contributed by atoms with Crippen LogP contribution in [0.4, 0.5) is 0 Å². The van der Waals surface area contributed by atoms with Gasteiger partial charge in [0, 0.05) is 31.5 Å². The van der Waals surface area contributed by atoms with Crippen LogP contribution in [-0.2, 0) is 14.4 Å². The Morgan fingerprint density at radius 3 is 2.58 bits per heavy atom. The molecule has 1 aliphatic carbocycles. The van der Waals surface area contributed by atoms with E-state index in [1.807, 2.05) is 11.8 Å². The predicted octanol–water partition coefficient (Wildman–Crippen LogP) is -0.0438. The van der Waals surface area contributed by atoms with Gasteiger partial charge in [-0.1, -0.05) is 6.92 Å². The molecule has 2 amide bonds. The summed E-state index contributed by atoms with van der Waals surface area (Å²) in [5.41, 5.74) is 0. The minimum Gasteiger partial charge on any atom is -0.480 e. The highest BCUT2D eigenvalue weighted by atomic mass is 16.4. The zero-order valence-electron chi connectivity index (χ0n) is 15.5. The van der Waals surface area contributed by atoms with Gasteiger partial charge < -0.3 is 15.3 Å². The standard InChI is InChI=1S/C17H27N5O4/c1-4-21(11-16(24)25)14-8-13(9-14)19-15(23)10-20(3)17(26)12(2)22-7-5-6-18-22/h5-7,12-14H,4,8-11H2,1-3H3,(H,19,23)(H,24,25). The van der Waals surface area contributed by atoms with Crippen molar-refractivity contribution < 1.29 is 19.5 Å². The topological polar surface area (TPSA) is 108 Å². The third-order valence-corrected chi connectivity index (χ3v) is 4.78. The van der Waals surface area contributed by atoms with Crippen LogP contribution in [0.5, 0.6) is 0 Å². The highest BCUT2D eigenvalue weighted by molar-refractivity contribution is 5.86. The smallest absolute Gasteiger partial charge is 0.317 e. The average Bonchev–Trinajstić information content (AvgIpc) is 3.08. The largest absolute Gasteiger partial charge is 0.480 e. The van der Waals surface area contributed by atoms with Crippen molar-refractivity contribution in [1.82, 2.24) is 24.9 Å². The molecular formula is C17H27N5O4. The van der Waals surface area contributed by atoms with E-state index in [9.17, 15) is 14.4 Å². The van der Waals surface area contributed by atoms with Crippen LogP contribution in [0.1, 0.15) is 32.7 Å². The molecule has 0 aliphatic heterocycles. The molecule has 1 aromatic heterocycles. The molecule has 26 heavy (non-hydrogen) atoms. The Balaban J connectivity index is 1.74. The fourth-order valence-corrected chi connectivity index (χ4v) is 3.19. The maximum atomic E-state index is 12.4. The van der Waals surface area contributed by atoms with E-state index in [0.29, 0.717) is 6.54 Å². The summed E-state index contributed by atoms with van der Waals surface area (Å²) in [7, 11) is 1.59. The van der Waals surface area contributed by atoms with Gasteiger partial charge in [0.2, 0.25) is 11.8 Å². The number of carbonyl (C=O) groups is 3. The molecule has 0 aromatic carbocycles. The zero-order valence-corrected chi connectivity index (χ0v) is 15.5. The van der Waals surface area contributed by atoms with Gasteiger partial charge in [0.1, 0.15) is 6.04 Å². The summed E-state index contributed by atoms with van der Waals surface area (Å²) < 4.78 is 1.55. The number of hydrogen-bond acceptors (Lipinski definition) is 5. The van der Waals surface area contributed by atoms with Crippen molar-refractivity contribution >= 4 is 17.8 Å². The Hall–Kier alpha value is -2.42. The summed E-state index contributed by atoms with van der Waals surface area (Å²) >= 11 is 0. The Morgan fingerprint density at radius 2 is 2.04 bits per heavy atom. The number of aromatic nitrogens is 2. The van der Waals surface area contributed by atoms with Crippen LogP contribution in [0, 0.1) is 0 Å². The summed E-state index contributed by atoms with van der Waals surface area (Å²) in [6.45, 7) is 4.33. The zero-order chi connectivity index (χ0) is 19.3. The molecule has 9 nitrogen and oxygen atoms in total. The van der Waals surface area contributed by atoms with Gasteiger partial charge >= 0.3 is 5.97 Å². The monoisotopic (exact) mass is 365 g/mol. The Labute approximate surface area is 152 Å². The number of hydrogen-bond donors (Lipinski definition) is 2. The molecule has 2 rings (SSSR count). The molecule has 0 saturated heterocycles. The fourth-order valence-electron chi connectivity index (χ4n) is 3.19. The highest BCUT2D eigenvalue weighted by Crippen LogP contribution is 2.25. The van der Waals surface area contributed by atoms with Crippen molar-refractivity contribution in [2.24, 2.45) is 0 Å². The first-order valence-corrected chi connectivity index (χ1v) is 8.81. The molecule has 0 bridgehead atoms. The van der Waals surface area contributed by atoms with Crippen molar-refractivity contribution in [1.29, 1.82) is 0 Å². The summed E-state index contributed by atoms with van der Waals surface area (Å²) in [4.78, 5) is 38.6. The van der Waals surface area contributed by atoms with E-state index in [2.05, 4.69) is 10.4 Å². The van der Waals surface area contributed by atoms with Gasteiger partial charge in [-0.05, 0) is 32.4 Å². The SMILES string of the molecule is CCN(CC(=O)O)C1CC(NC(=O)CN(C)C(=O)C(C)n2cccn2)C1. The number of carboxylic acids is 1. The van der Waals surface area contributed by atoms with Crippen LogP contribution < -0.4 is 5.32 Å². The van der Waals surface area contributed by atoms with Gasteiger partial charge in [0.15, 0.2) is 0 Å². The first-order chi connectivity index (χ1) is 12.3. The molecule has 1 atom stereocenters. The second kappa shape index (κ2) is 8.79. The lowest BCUT2D eigenvalue weighted by atomic mass is 9.85. The van der Waals surface area contributed by atoms with E-state index in [4.69, 9.17) is 5.11 Å². The molecule has 144 valence electrons. The van der Waals surface area contributed by atoms with Gasteiger partial charge in [-0.25, -0.2) is 0 Å². The number of carboxylic acid groups (broad SMARTS) is 1. The summed E-state index contributed by atoms with van der Waals surface area (Å²) in [6, 6.07) is 1.49. The highest BCUT2D eigenvalue weighted by Gasteiger charge is 2.35. The second-order valence-electron chi connectivity index (χ2n) is 6.70. The van der Waals surface area contributed by atoms with Crippen molar-refractivity contribution in [2.75, 3.05) is 26.7 Å². The number of rotatable bonds is 9. The number of amides is 2. The van der Waals surface area contributed by atoms with Crippen LogP contribution >= 0.6 is 0 Å². The second-order valence-corrected chi connectivity index (χ2v) is 6.70. The first-order valence-electron chi connectivity index (χ1n) is 8.81. The van der Waals surface area contributed by atoms with Crippen molar-refractivity contribution in [3.05, 3.63) is 18.5 Å². The van der Waals surface area contributed by atoms with E-state index in [1.165, 1.54) is 4.90 Å². The molecule has 1 fully saturated rings. The molecule has 9 heteroatoms. The number of likely N-dealkylation sites (N-methyl/N-ethyl adjacent to an activating group) is 2. The Morgan fingerprint density at radius 1 is 1.35 bits per heavy atom. The van der Waals surface area contributed by atoms with Crippen molar-refractivity contribution in [3.63, 3.8) is 0 Å². The third kappa shape index (κ3) is 5.04. The fraction of sp³-hybridized carbons (Fsp3) is 0.647. The predicted molar refractivity (Wildman–Crippen MR) is 94.4 cm³/mol. The molecule has 1 aliphatic rings. The van der Waals surface area contributed by atoms with Crippen LogP contribution in [0.3, 0.4) is 0 Å². The number of carbonyl (C=O) groups excluding carboxylic acids is 2. The maximum absolute atomic E-state index is 12.4. The average molecular weight is 365 g/mol. The van der Waals surface area contributed by atoms with E-state index < -0.39 is 12.0 Å². The molecule has 0 radical (unpaired) electrons.